The van der Waals surface area contributed by atoms with E-state index < -0.39 is 11.2 Å². The molecule has 0 saturated heterocycles. The first-order valence-electron chi connectivity index (χ1n) is 8.54. The van der Waals surface area contributed by atoms with Crippen LogP contribution in [0.15, 0.2) is 0 Å². The number of hydrogen-bond donors (Lipinski definition) is 3. The second-order valence-corrected chi connectivity index (χ2v) is 7.80. The van der Waals surface area contributed by atoms with Gasteiger partial charge in [-0.05, 0) is 46.5 Å². The molecule has 0 spiro atoms. The molecule has 1 aliphatic carbocycles. The molecule has 136 valence electrons. The number of amides is 1. The van der Waals surface area contributed by atoms with Crippen molar-refractivity contribution in [3.05, 3.63) is 0 Å². The van der Waals surface area contributed by atoms with E-state index in [1.54, 1.807) is 7.11 Å². The van der Waals surface area contributed by atoms with Gasteiger partial charge in [-0.2, -0.15) is 0 Å². The van der Waals surface area contributed by atoms with Crippen molar-refractivity contribution in [3.63, 3.8) is 0 Å². The summed E-state index contributed by atoms with van der Waals surface area (Å²) in [5.41, 5.74) is -1.25. The monoisotopic (exact) mass is 330 g/mol. The molecule has 3 N–H and O–H groups in total. The Kier molecular flexibility index (Phi) is 7.77. The van der Waals surface area contributed by atoms with Crippen LogP contribution in [0.2, 0.25) is 0 Å². The summed E-state index contributed by atoms with van der Waals surface area (Å²) in [6, 6.07) is 0.318. The lowest BCUT2D eigenvalue weighted by molar-refractivity contribution is 0.0214. The highest BCUT2D eigenvalue weighted by Gasteiger charge is 2.30. The molecule has 6 nitrogen and oxygen atoms in total. The van der Waals surface area contributed by atoms with Crippen molar-refractivity contribution in [2.24, 2.45) is 5.92 Å². The molecule has 0 bridgehead atoms. The van der Waals surface area contributed by atoms with Gasteiger partial charge < -0.3 is 25.2 Å². The number of rotatable bonds is 8. The van der Waals surface area contributed by atoms with Gasteiger partial charge in [0.2, 0.25) is 0 Å². The fourth-order valence-corrected chi connectivity index (χ4v) is 2.84. The molecule has 6 heteroatoms. The first-order chi connectivity index (χ1) is 10.6. The number of methoxy groups -OCH3 is 1. The molecule has 1 fully saturated rings. The SMILES string of the molecule is COCCC(C)(O)CNC1CCCC1CNC(=O)OC(C)(C)C. The summed E-state index contributed by atoms with van der Waals surface area (Å²) in [5.74, 6) is 0.376. The fourth-order valence-electron chi connectivity index (χ4n) is 2.84. The van der Waals surface area contributed by atoms with Crippen LogP contribution < -0.4 is 10.6 Å². The number of carbonyl (C=O) groups is 1. The van der Waals surface area contributed by atoms with Crippen LogP contribution in [0.1, 0.15) is 53.4 Å². The lowest BCUT2D eigenvalue weighted by atomic mass is 9.99. The number of carbonyl (C=O) groups excluding carboxylic acids is 1. The molecule has 23 heavy (non-hydrogen) atoms. The van der Waals surface area contributed by atoms with E-state index in [0.29, 0.717) is 38.1 Å². The van der Waals surface area contributed by atoms with E-state index in [-0.39, 0.29) is 6.09 Å². The zero-order valence-corrected chi connectivity index (χ0v) is 15.3. The largest absolute Gasteiger partial charge is 0.444 e. The van der Waals surface area contributed by atoms with Crippen molar-refractivity contribution < 1.29 is 19.4 Å². The molecular weight excluding hydrogens is 296 g/mol. The zero-order chi connectivity index (χ0) is 17.5. The quantitative estimate of drug-likeness (QED) is 0.635. The van der Waals surface area contributed by atoms with Gasteiger partial charge in [-0.15, -0.1) is 0 Å². The van der Waals surface area contributed by atoms with Crippen molar-refractivity contribution in [2.45, 2.75) is 70.6 Å². The van der Waals surface area contributed by atoms with Crippen molar-refractivity contribution >= 4 is 6.09 Å². The predicted octanol–water partition coefficient (Wildman–Crippen LogP) is 2.06. The van der Waals surface area contributed by atoms with E-state index in [0.717, 1.165) is 19.3 Å². The lowest BCUT2D eigenvalue weighted by Crippen LogP contribution is -2.46. The molecular formula is C17H34N2O4. The van der Waals surface area contributed by atoms with Gasteiger partial charge in [0.15, 0.2) is 0 Å². The highest BCUT2D eigenvalue weighted by molar-refractivity contribution is 5.67. The minimum atomic E-state index is -0.776. The maximum atomic E-state index is 11.7. The summed E-state index contributed by atoms with van der Waals surface area (Å²) in [5, 5.41) is 16.6. The summed E-state index contributed by atoms with van der Waals surface area (Å²) in [4.78, 5) is 11.7. The molecule has 1 amide bonds. The third-order valence-electron chi connectivity index (χ3n) is 4.16. The van der Waals surface area contributed by atoms with Crippen LogP contribution in [-0.2, 0) is 9.47 Å². The Bertz CT molecular complexity index is 366. The molecule has 0 aromatic rings. The highest BCUT2D eigenvalue weighted by Crippen LogP contribution is 2.25. The van der Waals surface area contributed by atoms with Crippen LogP contribution in [0.4, 0.5) is 4.79 Å². The summed E-state index contributed by atoms with van der Waals surface area (Å²) in [6.07, 6.45) is 3.52. The van der Waals surface area contributed by atoms with Gasteiger partial charge in [0.1, 0.15) is 5.60 Å². The van der Waals surface area contributed by atoms with Gasteiger partial charge >= 0.3 is 6.09 Å². The number of aliphatic hydroxyl groups is 1. The molecule has 0 aromatic carbocycles. The van der Waals surface area contributed by atoms with Crippen LogP contribution in [0.5, 0.6) is 0 Å². The molecule has 1 rings (SSSR count). The molecule has 0 heterocycles. The van der Waals surface area contributed by atoms with Gasteiger partial charge in [-0.25, -0.2) is 4.79 Å². The average molecular weight is 330 g/mol. The smallest absolute Gasteiger partial charge is 0.407 e. The summed E-state index contributed by atoms with van der Waals surface area (Å²) >= 11 is 0. The van der Waals surface area contributed by atoms with Gasteiger partial charge in [-0.1, -0.05) is 6.42 Å². The summed E-state index contributed by atoms with van der Waals surface area (Å²) in [6.45, 7) is 9.07. The van der Waals surface area contributed by atoms with Crippen LogP contribution in [0.25, 0.3) is 0 Å². The third-order valence-corrected chi connectivity index (χ3v) is 4.16. The van der Waals surface area contributed by atoms with Crippen molar-refractivity contribution in [2.75, 3.05) is 26.8 Å². The van der Waals surface area contributed by atoms with E-state index in [9.17, 15) is 9.90 Å². The Labute approximate surface area is 140 Å². The Balaban J connectivity index is 2.35. The zero-order valence-electron chi connectivity index (χ0n) is 15.3. The molecule has 1 aliphatic rings. The van der Waals surface area contributed by atoms with E-state index in [2.05, 4.69) is 10.6 Å². The fraction of sp³-hybridized carbons (Fsp3) is 0.941. The first kappa shape index (κ1) is 20.2. The second-order valence-electron chi connectivity index (χ2n) is 7.80. The topological polar surface area (TPSA) is 79.8 Å². The number of hydrogen-bond acceptors (Lipinski definition) is 5. The van der Waals surface area contributed by atoms with E-state index in [1.165, 1.54) is 0 Å². The maximum absolute atomic E-state index is 11.7. The number of ether oxygens (including phenoxy) is 2. The molecule has 3 unspecified atom stereocenters. The molecule has 3 atom stereocenters. The van der Waals surface area contributed by atoms with E-state index in [4.69, 9.17) is 9.47 Å². The van der Waals surface area contributed by atoms with Crippen molar-refractivity contribution in [1.29, 1.82) is 0 Å². The Hall–Kier alpha value is -0.850. The van der Waals surface area contributed by atoms with Gasteiger partial charge in [0, 0.05) is 39.3 Å². The highest BCUT2D eigenvalue weighted by atomic mass is 16.6. The van der Waals surface area contributed by atoms with Crippen molar-refractivity contribution in [1.82, 2.24) is 10.6 Å². The summed E-state index contributed by atoms with van der Waals surface area (Å²) in [7, 11) is 1.64. The molecule has 0 radical (unpaired) electrons. The van der Waals surface area contributed by atoms with Crippen LogP contribution >= 0.6 is 0 Å². The van der Waals surface area contributed by atoms with Crippen LogP contribution in [-0.4, -0.2) is 55.2 Å². The predicted molar refractivity (Wildman–Crippen MR) is 90.5 cm³/mol. The molecule has 0 aromatic heterocycles. The van der Waals surface area contributed by atoms with Crippen LogP contribution in [0.3, 0.4) is 0 Å². The normalized spacial score (nSPS) is 24.3. The number of alkyl carbamates (subject to hydrolysis) is 1. The maximum Gasteiger partial charge on any atom is 0.407 e. The second kappa shape index (κ2) is 8.85. The first-order valence-corrected chi connectivity index (χ1v) is 8.54. The standard InChI is InChI=1S/C17H34N2O4/c1-16(2,3)23-15(20)18-11-13-7-6-8-14(13)19-12-17(4,21)9-10-22-5/h13-14,19,21H,6-12H2,1-5H3,(H,18,20). The van der Waals surface area contributed by atoms with E-state index >= 15 is 0 Å². The molecule has 1 saturated carbocycles. The van der Waals surface area contributed by atoms with Gasteiger partial charge in [0.05, 0.1) is 5.60 Å². The third kappa shape index (κ3) is 8.53. The average Bonchev–Trinajstić information content (AvgIpc) is 2.86. The van der Waals surface area contributed by atoms with Gasteiger partial charge in [0.25, 0.3) is 0 Å². The number of nitrogens with one attached hydrogen (secondary N) is 2. The summed E-state index contributed by atoms with van der Waals surface area (Å²) < 4.78 is 10.3. The Morgan fingerprint density at radius 2 is 1.96 bits per heavy atom. The van der Waals surface area contributed by atoms with Gasteiger partial charge in [-0.3, -0.25) is 0 Å². The van der Waals surface area contributed by atoms with Crippen molar-refractivity contribution in [3.8, 4) is 0 Å². The Morgan fingerprint density at radius 3 is 2.57 bits per heavy atom. The minimum absolute atomic E-state index is 0.318. The minimum Gasteiger partial charge on any atom is -0.444 e. The molecule has 0 aliphatic heterocycles. The Morgan fingerprint density at radius 1 is 1.26 bits per heavy atom. The van der Waals surface area contributed by atoms with E-state index in [1.807, 2.05) is 27.7 Å². The lowest BCUT2D eigenvalue weighted by Gasteiger charge is -2.28. The van der Waals surface area contributed by atoms with Crippen LogP contribution in [0, 0.1) is 5.92 Å².